The number of ketones is 1. The maximum Gasteiger partial charge on any atom is 0.246 e. The number of hydrogen-bond acceptors (Lipinski definition) is 15. The Morgan fingerprint density at radius 2 is 1.36 bits per heavy atom. The zero-order chi connectivity index (χ0) is 61.7. The highest BCUT2D eigenvalue weighted by molar-refractivity contribution is 8.76. The predicted octanol–water partition coefficient (Wildman–Crippen LogP) is 0.654. The van der Waals surface area contributed by atoms with Crippen molar-refractivity contribution in [1.82, 2.24) is 52.0 Å². The molecular formula is C59H81N15O10S2. The van der Waals surface area contributed by atoms with Gasteiger partial charge in [0.25, 0.3) is 0 Å². The number of hydrogen-bond donors (Lipinski definition) is 11. The fraction of sp³-hybridized carbons (Fsp3) is 0.525. The Kier molecular flexibility index (Phi) is 25.0. The van der Waals surface area contributed by atoms with Crippen LogP contribution in [0.5, 0.6) is 0 Å². The molecule has 3 saturated heterocycles. The molecule has 25 nitrogen and oxygen atoms in total. The van der Waals surface area contributed by atoms with Crippen molar-refractivity contribution in [3.63, 3.8) is 0 Å². The lowest BCUT2D eigenvalue weighted by molar-refractivity contribution is -0.148. The molecule has 9 amide bonds. The highest BCUT2D eigenvalue weighted by Crippen LogP contribution is 2.29. The van der Waals surface area contributed by atoms with Crippen LogP contribution in [-0.2, 0) is 60.8 Å². The first kappa shape index (κ1) is 65.8. The van der Waals surface area contributed by atoms with Gasteiger partial charge in [-0.15, -0.1) is 0 Å². The summed E-state index contributed by atoms with van der Waals surface area (Å²) < 4.78 is 0. The molecule has 0 aliphatic carbocycles. The molecule has 0 radical (unpaired) electrons. The van der Waals surface area contributed by atoms with Crippen molar-refractivity contribution in [3.8, 4) is 0 Å². The van der Waals surface area contributed by atoms with Gasteiger partial charge in [-0.1, -0.05) is 76.2 Å². The minimum atomic E-state index is -1.39. The summed E-state index contributed by atoms with van der Waals surface area (Å²) in [7, 11) is 2.45. The van der Waals surface area contributed by atoms with E-state index in [1.807, 2.05) is 24.3 Å². The van der Waals surface area contributed by atoms with Crippen LogP contribution in [-0.4, -0.2) is 178 Å². The van der Waals surface area contributed by atoms with Gasteiger partial charge in [0.2, 0.25) is 53.2 Å². The van der Waals surface area contributed by atoms with Crippen LogP contribution < -0.4 is 54.4 Å². The van der Waals surface area contributed by atoms with Crippen LogP contribution in [0.15, 0.2) is 82.6 Å². The Morgan fingerprint density at radius 3 is 2.05 bits per heavy atom. The lowest BCUT2D eigenvalue weighted by Crippen LogP contribution is -2.61. The van der Waals surface area contributed by atoms with E-state index in [1.54, 1.807) is 48.8 Å². The average Bonchev–Trinajstić information content (AvgIpc) is 2.68. The standard InChI is InChI=1S/C59H81N15O10S2/c1-35(75)41(18-8-9-24-60)67-56(82)49-21-12-27-73(49)58(84)50-22-13-28-74(50)57(83)48-34-86-85-29-23-44(66-36(2)76)52(78)71-47(32-39-16-10-25-63-39)55(81)69-45(30-37-14-4-3-5-15-37)53(79)68-43(20-11-26-64-59(61)62)51(77)70-46(54(80)72-48)31-38-33-65-42-19-7-6-17-40(38)42/h3-7,14-17,19,25,33,41,43-50,65H,8-13,18,20-24,26-32,34,60H2,1-2H3,(H,66,76)(H,67,82)(H,68,79)(H,69,81)(H,70,77)(H,71,78)(H,72,80)(H4,61,62,64)/t41-,43-,44-,45+,46-,47-,48-,49-,50-/m0/s1. The van der Waals surface area contributed by atoms with E-state index in [2.05, 4.69) is 52.2 Å². The summed E-state index contributed by atoms with van der Waals surface area (Å²) in [6.45, 7) is 3.55. The first-order valence-corrected chi connectivity index (χ1v) is 31.9. The predicted molar refractivity (Wildman–Crippen MR) is 330 cm³/mol. The van der Waals surface area contributed by atoms with Crippen LogP contribution in [0, 0.1) is 0 Å². The molecule has 4 aliphatic rings. The maximum atomic E-state index is 15.2. The Bertz CT molecular complexity index is 3010. The Labute approximate surface area is 508 Å². The summed E-state index contributed by atoms with van der Waals surface area (Å²) in [5.41, 5.74) is 19.6. The first-order chi connectivity index (χ1) is 41.4. The molecule has 1 aromatic heterocycles. The van der Waals surface area contributed by atoms with Crippen molar-refractivity contribution < 1.29 is 47.9 Å². The van der Waals surface area contributed by atoms with Gasteiger partial charge in [0.15, 0.2) is 11.7 Å². The number of H-pyrrole nitrogens is 1. The lowest BCUT2D eigenvalue weighted by Gasteiger charge is -2.33. The SMILES string of the molecule is CC(=O)N[C@H]1CCSSC[C@@H](C(=O)N2CCC[C@H]2C(=O)N2CCC[C@H]2C(=O)N[C@@H](CCCCN)C(C)=O)NC(=O)[C@H](Cc2c[nH]c3ccccc23)NC(=O)[C@H](CCCN=C(N)N)NC(=O)[C@@H](Cc2ccccc2)NC(=O)[C@H](CC2=CCC=N2)NC1=O. The molecule has 0 saturated carbocycles. The van der Waals surface area contributed by atoms with E-state index in [0.29, 0.717) is 68.3 Å². The third kappa shape index (κ3) is 18.9. The normalized spacial score (nSPS) is 24.0. The molecule has 2 aromatic carbocycles. The van der Waals surface area contributed by atoms with Crippen molar-refractivity contribution in [2.75, 3.05) is 37.7 Å². The molecule has 0 spiro atoms. The number of fused-ring (bicyclic) bond motifs is 1. The van der Waals surface area contributed by atoms with Gasteiger partial charge in [-0.2, -0.15) is 0 Å². The van der Waals surface area contributed by atoms with E-state index in [9.17, 15) is 33.6 Å². The van der Waals surface area contributed by atoms with Crippen molar-refractivity contribution in [2.45, 2.75) is 158 Å². The second kappa shape index (κ2) is 32.6. The van der Waals surface area contributed by atoms with E-state index in [0.717, 1.165) is 10.9 Å². The van der Waals surface area contributed by atoms with Crippen LogP contribution in [0.3, 0.4) is 0 Å². The largest absolute Gasteiger partial charge is 0.370 e. The number of carbonyl (C=O) groups is 10. The van der Waals surface area contributed by atoms with E-state index in [1.165, 1.54) is 45.2 Å². The van der Waals surface area contributed by atoms with Gasteiger partial charge >= 0.3 is 0 Å². The number of allylic oxidation sites excluding steroid dienone is 1. The number of aromatic nitrogens is 1. The first-order valence-electron chi connectivity index (χ1n) is 29.4. The maximum absolute atomic E-state index is 15.2. The number of Topliss-reactive ketones (excluding diaryl/α,β-unsaturated/α-hetero) is 1. The van der Waals surface area contributed by atoms with Crippen LogP contribution in [0.25, 0.3) is 10.9 Å². The van der Waals surface area contributed by atoms with Crippen LogP contribution in [0.4, 0.5) is 0 Å². The second-order valence-corrected chi connectivity index (χ2v) is 24.6. The highest BCUT2D eigenvalue weighted by atomic mass is 33.1. The van der Waals surface area contributed by atoms with E-state index < -0.39 is 108 Å². The van der Waals surface area contributed by atoms with E-state index >= 15 is 14.4 Å². The number of nitrogens with zero attached hydrogens (tertiary/aromatic N) is 4. The number of aromatic amines is 1. The molecule has 86 heavy (non-hydrogen) atoms. The highest BCUT2D eigenvalue weighted by Gasteiger charge is 2.45. The number of nitrogens with two attached hydrogens (primary N) is 3. The van der Waals surface area contributed by atoms with Gasteiger partial charge in [0.1, 0.15) is 48.3 Å². The molecule has 14 N–H and O–H groups in total. The fourth-order valence-electron chi connectivity index (χ4n) is 11.0. The number of amides is 9. The Balaban J connectivity index is 1.23. The van der Waals surface area contributed by atoms with Crippen LogP contribution in [0.1, 0.15) is 102 Å². The number of likely N-dealkylation sites (tertiary alicyclic amines) is 2. The Morgan fingerprint density at radius 1 is 0.721 bits per heavy atom. The van der Waals surface area contributed by atoms with Gasteiger partial charge < -0.3 is 69.2 Å². The quantitative estimate of drug-likeness (QED) is 0.0320. The van der Waals surface area contributed by atoms with Gasteiger partial charge in [-0.25, -0.2) is 0 Å². The smallest absolute Gasteiger partial charge is 0.246 e. The molecule has 9 atom stereocenters. The third-order valence-corrected chi connectivity index (χ3v) is 18.0. The zero-order valence-electron chi connectivity index (χ0n) is 48.7. The summed E-state index contributed by atoms with van der Waals surface area (Å²) in [6, 6.07) is 5.75. The average molecular weight is 1220 g/mol. The molecule has 4 aliphatic heterocycles. The second-order valence-electron chi connectivity index (χ2n) is 21.9. The van der Waals surface area contributed by atoms with Gasteiger partial charge in [0, 0.05) is 92.8 Å². The number of guanidine groups is 1. The molecule has 0 bridgehead atoms. The molecule has 3 fully saturated rings. The molecule has 27 heteroatoms. The van der Waals surface area contributed by atoms with Gasteiger partial charge in [-0.05, 0) is 94.9 Å². The minimum Gasteiger partial charge on any atom is -0.370 e. The number of unbranched alkanes of at least 4 members (excludes halogenated alkanes) is 1. The summed E-state index contributed by atoms with van der Waals surface area (Å²) in [5.74, 6) is -6.04. The molecule has 464 valence electrons. The number of carbonyl (C=O) groups excluding carboxylic acids is 10. The number of para-hydroxylation sites is 1. The van der Waals surface area contributed by atoms with Crippen molar-refractivity contribution >= 4 is 104 Å². The van der Waals surface area contributed by atoms with Crippen LogP contribution in [0.2, 0.25) is 0 Å². The minimum absolute atomic E-state index is 0.0534. The molecular weight excluding hydrogens is 1140 g/mol. The summed E-state index contributed by atoms with van der Waals surface area (Å²) in [4.78, 5) is 158. The Hall–Kier alpha value is -7.78. The molecule has 5 heterocycles. The summed E-state index contributed by atoms with van der Waals surface area (Å²) in [5, 5.41) is 20.6. The summed E-state index contributed by atoms with van der Waals surface area (Å²) in [6.07, 6.45) is 8.90. The number of aliphatic imine (C=N–C) groups is 2. The lowest BCUT2D eigenvalue weighted by atomic mass is 10.0. The monoisotopic (exact) mass is 1220 g/mol. The number of benzene rings is 2. The van der Waals surface area contributed by atoms with Gasteiger partial charge in [-0.3, -0.25) is 57.9 Å². The van der Waals surface area contributed by atoms with E-state index in [4.69, 9.17) is 17.2 Å². The zero-order valence-corrected chi connectivity index (χ0v) is 50.3. The number of rotatable bonds is 20. The third-order valence-electron chi connectivity index (χ3n) is 15.5. The van der Waals surface area contributed by atoms with Crippen molar-refractivity contribution in [1.29, 1.82) is 0 Å². The molecule has 3 aromatic rings. The number of nitrogens with one attached hydrogen (secondary N) is 8. The summed E-state index contributed by atoms with van der Waals surface area (Å²) >= 11 is 0. The topological polar surface area (TPSA) is 380 Å². The fourth-order valence-corrected chi connectivity index (χ4v) is 13.3. The van der Waals surface area contributed by atoms with Crippen LogP contribution >= 0.6 is 21.6 Å². The molecule has 0 unspecified atom stereocenters. The van der Waals surface area contributed by atoms with E-state index in [-0.39, 0.29) is 87.8 Å². The van der Waals surface area contributed by atoms with Crippen molar-refractivity contribution in [2.24, 2.45) is 27.2 Å². The van der Waals surface area contributed by atoms with Crippen molar-refractivity contribution in [3.05, 3.63) is 83.7 Å². The molecule has 7 rings (SSSR count). The van der Waals surface area contributed by atoms with Gasteiger partial charge in [0.05, 0.1) is 6.04 Å².